The van der Waals surface area contributed by atoms with Crippen LogP contribution >= 0.6 is 0 Å². The molecular weight excluding hydrogens is 288 g/mol. The third-order valence-electron chi connectivity index (χ3n) is 3.69. The molecule has 1 heterocycles. The van der Waals surface area contributed by atoms with Crippen LogP contribution in [0.25, 0.3) is 0 Å². The molecule has 6 heteroatoms. The largest absolute Gasteiger partial charge is 0.326 e. The third kappa shape index (κ3) is 3.44. The minimum Gasteiger partial charge on any atom is -0.326 e. The van der Waals surface area contributed by atoms with Crippen molar-refractivity contribution in [2.75, 3.05) is 11.9 Å². The van der Waals surface area contributed by atoms with Crippen molar-refractivity contribution in [1.82, 2.24) is 5.32 Å². The summed E-state index contributed by atoms with van der Waals surface area (Å²) in [6.07, 6.45) is 1.93. The first-order chi connectivity index (χ1) is 9.82. The molecule has 21 heavy (non-hydrogen) atoms. The highest BCUT2D eigenvalue weighted by Crippen LogP contribution is 2.32. The number of nitrogens with one attached hydrogen (secondary N) is 2. The van der Waals surface area contributed by atoms with Crippen LogP contribution < -0.4 is 10.6 Å². The first-order valence-electron chi connectivity index (χ1n) is 7.21. The minimum atomic E-state index is -3.34. The van der Waals surface area contributed by atoms with E-state index in [-0.39, 0.29) is 11.9 Å². The summed E-state index contributed by atoms with van der Waals surface area (Å²) >= 11 is 0. The molecule has 2 N–H and O–H groups in total. The van der Waals surface area contributed by atoms with E-state index in [1.165, 1.54) is 6.92 Å². The van der Waals surface area contributed by atoms with Gasteiger partial charge < -0.3 is 10.6 Å². The van der Waals surface area contributed by atoms with Crippen LogP contribution in [0.2, 0.25) is 0 Å². The van der Waals surface area contributed by atoms with Gasteiger partial charge in [0.2, 0.25) is 5.91 Å². The molecule has 1 aromatic carbocycles. The van der Waals surface area contributed by atoms with Gasteiger partial charge in [-0.3, -0.25) is 4.79 Å². The summed E-state index contributed by atoms with van der Waals surface area (Å²) in [5.41, 5.74) is 1.39. The maximum atomic E-state index is 12.5. The second kappa shape index (κ2) is 6.15. The fourth-order valence-electron chi connectivity index (χ4n) is 2.56. The van der Waals surface area contributed by atoms with Gasteiger partial charge in [0, 0.05) is 18.7 Å². The lowest BCUT2D eigenvalue weighted by Crippen LogP contribution is -2.21. The summed E-state index contributed by atoms with van der Waals surface area (Å²) in [6.45, 7) is 5.69. The van der Waals surface area contributed by atoms with Crippen molar-refractivity contribution in [2.45, 2.75) is 49.8 Å². The smallest absolute Gasteiger partial charge is 0.221 e. The second-order valence-corrected chi connectivity index (χ2v) is 8.15. The molecule has 1 saturated heterocycles. The van der Waals surface area contributed by atoms with Crippen LogP contribution in [0, 0.1) is 0 Å². The third-order valence-corrected chi connectivity index (χ3v) is 5.92. The number of sulfone groups is 1. The Morgan fingerprint density at radius 1 is 1.38 bits per heavy atom. The number of amides is 1. The molecule has 1 atom stereocenters. The molecule has 1 aliphatic rings. The number of anilines is 1. The monoisotopic (exact) mass is 310 g/mol. The molecule has 0 unspecified atom stereocenters. The maximum absolute atomic E-state index is 12.5. The zero-order chi connectivity index (χ0) is 15.6. The molecule has 0 saturated carbocycles. The Balaban J connectivity index is 2.51. The van der Waals surface area contributed by atoms with E-state index in [1.54, 1.807) is 32.0 Å². The zero-order valence-corrected chi connectivity index (χ0v) is 13.5. The molecule has 1 aliphatic heterocycles. The maximum Gasteiger partial charge on any atom is 0.221 e. The summed E-state index contributed by atoms with van der Waals surface area (Å²) in [4.78, 5) is 11.6. The van der Waals surface area contributed by atoms with Gasteiger partial charge in [0.05, 0.1) is 10.1 Å². The Kier molecular flexibility index (Phi) is 4.68. The van der Waals surface area contributed by atoms with Crippen LogP contribution in [0.4, 0.5) is 5.69 Å². The summed E-state index contributed by atoms with van der Waals surface area (Å²) in [6, 6.07) is 5.06. The van der Waals surface area contributed by atoms with E-state index in [9.17, 15) is 13.2 Å². The molecule has 1 fully saturated rings. The van der Waals surface area contributed by atoms with Crippen molar-refractivity contribution >= 4 is 21.4 Å². The van der Waals surface area contributed by atoms with E-state index in [2.05, 4.69) is 10.6 Å². The van der Waals surface area contributed by atoms with Gasteiger partial charge in [0.25, 0.3) is 0 Å². The van der Waals surface area contributed by atoms with E-state index >= 15 is 0 Å². The summed E-state index contributed by atoms with van der Waals surface area (Å²) in [7, 11) is -3.34. The lowest BCUT2D eigenvalue weighted by Gasteiger charge is -2.19. The van der Waals surface area contributed by atoms with Crippen molar-refractivity contribution < 1.29 is 13.2 Å². The van der Waals surface area contributed by atoms with Crippen LogP contribution in [0.15, 0.2) is 23.1 Å². The number of benzene rings is 1. The van der Waals surface area contributed by atoms with Gasteiger partial charge in [-0.15, -0.1) is 0 Å². The molecular formula is C15H22N2O3S. The highest BCUT2D eigenvalue weighted by Gasteiger charge is 2.28. The van der Waals surface area contributed by atoms with Crippen LogP contribution in [-0.4, -0.2) is 26.1 Å². The van der Waals surface area contributed by atoms with Crippen LogP contribution in [-0.2, 0) is 14.6 Å². The molecule has 0 aromatic heterocycles. The van der Waals surface area contributed by atoms with Crippen molar-refractivity contribution in [3.63, 3.8) is 0 Å². The Morgan fingerprint density at radius 3 is 2.62 bits per heavy atom. The van der Waals surface area contributed by atoms with Gasteiger partial charge in [-0.25, -0.2) is 8.42 Å². The van der Waals surface area contributed by atoms with E-state index in [4.69, 9.17) is 0 Å². The van der Waals surface area contributed by atoms with Gasteiger partial charge >= 0.3 is 0 Å². The predicted octanol–water partition coefficient (Wildman–Crippen LogP) is 2.25. The van der Waals surface area contributed by atoms with Crippen molar-refractivity contribution in [2.24, 2.45) is 0 Å². The standard InChI is InChI=1S/C15H22N2O3S/c1-10(2)21(19,20)15-7-6-12(17-11(3)18)9-13(15)14-5-4-8-16-14/h6-7,9-10,14,16H,4-5,8H2,1-3H3,(H,17,18)/t14-/m1/s1. The molecule has 0 spiro atoms. The average Bonchev–Trinajstić information content (AvgIpc) is 2.91. The normalized spacial score (nSPS) is 19.0. The SMILES string of the molecule is CC(=O)Nc1ccc(S(=O)(=O)C(C)C)c([C@H]2CCCN2)c1. The fraction of sp³-hybridized carbons (Fsp3) is 0.533. The van der Waals surface area contributed by atoms with Gasteiger partial charge in [-0.2, -0.15) is 0 Å². The van der Waals surface area contributed by atoms with E-state index in [0.717, 1.165) is 24.9 Å². The fourth-order valence-corrected chi connectivity index (χ4v) is 3.86. The zero-order valence-electron chi connectivity index (χ0n) is 12.6. The summed E-state index contributed by atoms with van der Waals surface area (Å²) in [5.74, 6) is -0.167. The highest BCUT2D eigenvalue weighted by atomic mass is 32.2. The summed E-state index contributed by atoms with van der Waals surface area (Å²) in [5, 5.41) is 5.57. The molecule has 0 radical (unpaired) electrons. The first kappa shape index (κ1) is 16.0. The van der Waals surface area contributed by atoms with Crippen molar-refractivity contribution in [1.29, 1.82) is 0 Å². The Morgan fingerprint density at radius 2 is 2.10 bits per heavy atom. The molecule has 5 nitrogen and oxygen atoms in total. The number of hydrogen-bond donors (Lipinski definition) is 2. The second-order valence-electron chi connectivity index (χ2n) is 5.68. The van der Waals surface area contributed by atoms with Crippen LogP contribution in [0.5, 0.6) is 0 Å². The molecule has 1 aromatic rings. The van der Waals surface area contributed by atoms with E-state index in [1.807, 2.05) is 0 Å². The van der Waals surface area contributed by atoms with Gasteiger partial charge in [-0.05, 0) is 57.0 Å². The van der Waals surface area contributed by atoms with Crippen LogP contribution in [0.3, 0.4) is 0 Å². The van der Waals surface area contributed by atoms with Gasteiger partial charge in [0.1, 0.15) is 0 Å². The van der Waals surface area contributed by atoms with Gasteiger partial charge in [-0.1, -0.05) is 0 Å². The average molecular weight is 310 g/mol. The molecule has 2 rings (SSSR count). The first-order valence-corrected chi connectivity index (χ1v) is 8.76. The van der Waals surface area contributed by atoms with Crippen LogP contribution in [0.1, 0.15) is 45.2 Å². The lowest BCUT2D eigenvalue weighted by atomic mass is 10.0. The quantitative estimate of drug-likeness (QED) is 0.894. The Hall–Kier alpha value is -1.40. The lowest BCUT2D eigenvalue weighted by molar-refractivity contribution is -0.114. The van der Waals surface area contributed by atoms with Gasteiger partial charge in [0.15, 0.2) is 9.84 Å². The molecule has 1 amide bonds. The van der Waals surface area contributed by atoms with E-state index in [0.29, 0.717) is 10.6 Å². The Labute approximate surface area is 126 Å². The predicted molar refractivity (Wildman–Crippen MR) is 83.0 cm³/mol. The number of rotatable bonds is 4. The Bertz CT molecular complexity index is 632. The summed E-state index contributed by atoms with van der Waals surface area (Å²) < 4.78 is 25.1. The van der Waals surface area contributed by atoms with Crippen molar-refractivity contribution in [3.05, 3.63) is 23.8 Å². The minimum absolute atomic E-state index is 0.0298. The molecule has 116 valence electrons. The number of carbonyl (C=O) groups excluding carboxylic acids is 1. The highest BCUT2D eigenvalue weighted by molar-refractivity contribution is 7.92. The molecule has 0 bridgehead atoms. The van der Waals surface area contributed by atoms with Crippen molar-refractivity contribution in [3.8, 4) is 0 Å². The molecule has 0 aliphatic carbocycles. The number of hydrogen-bond acceptors (Lipinski definition) is 4. The number of carbonyl (C=O) groups is 1. The topological polar surface area (TPSA) is 75.3 Å². The van der Waals surface area contributed by atoms with E-state index < -0.39 is 15.1 Å².